The standard InChI is InChI=1S/C24H19ClN2O6S/c1-13(21(28)27-20-8-3-2-7-19(20)25)34-16-6-4-5-15(12-16)26-22(29)17-10-9-14(23(30)31)11-18(17)24(32)33/h2-13H,1H3,(H,26,29)(H,27,28)(H,30,31)(H,32,33). The molecule has 34 heavy (non-hydrogen) atoms. The number of rotatable bonds is 8. The van der Waals surface area contributed by atoms with Gasteiger partial charge in [-0.1, -0.05) is 29.8 Å². The number of anilines is 2. The van der Waals surface area contributed by atoms with E-state index in [4.69, 9.17) is 16.7 Å². The monoisotopic (exact) mass is 498 g/mol. The Balaban J connectivity index is 1.71. The molecule has 0 spiro atoms. The van der Waals surface area contributed by atoms with Crippen molar-refractivity contribution in [1.29, 1.82) is 0 Å². The predicted molar refractivity (Wildman–Crippen MR) is 130 cm³/mol. The number of hydrogen-bond donors (Lipinski definition) is 4. The van der Waals surface area contributed by atoms with E-state index in [1.54, 1.807) is 55.5 Å². The minimum absolute atomic E-state index is 0.178. The van der Waals surface area contributed by atoms with Crippen LogP contribution in [-0.4, -0.2) is 39.2 Å². The van der Waals surface area contributed by atoms with Gasteiger partial charge in [-0.05, 0) is 55.5 Å². The maximum atomic E-state index is 12.7. The lowest BCUT2D eigenvalue weighted by molar-refractivity contribution is -0.115. The molecule has 0 radical (unpaired) electrons. The first kappa shape index (κ1) is 24.8. The van der Waals surface area contributed by atoms with Crippen LogP contribution < -0.4 is 10.6 Å². The smallest absolute Gasteiger partial charge is 0.336 e. The average molecular weight is 499 g/mol. The molecule has 0 aromatic heterocycles. The first-order valence-corrected chi connectivity index (χ1v) is 11.2. The van der Waals surface area contributed by atoms with Crippen molar-refractivity contribution in [3.8, 4) is 0 Å². The van der Waals surface area contributed by atoms with Crippen LogP contribution in [0.5, 0.6) is 0 Å². The maximum absolute atomic E-state index is 12.7. The molecule has 0 aliphatic rings. The molecule has 8 nitrogen and oxygen atoms in total. The van der Waals surface area contributed by atoms with Crippen molar-refractivity contribution >= 4 is 58.5 Å². The highest BCUT2D eigenvalue weighted by molar-refractivity contribution is 8.00. The first-order valence-electron chi connectivity index (χ1n) is 9.90. The molecular weight excluding hydrogens is 480 g/mol. The number of para-hydroxylation sites is 1. The molecule has 0 aliphatic heterocycles. The van der Waals surface area contributed by atoms with Crippen molar-refractivity contribution < 1.29 is 29.4 Å². The number of aromatic carboxylic acids is 2. The van der Waals surface area contributed by atoms with E-state index >= 15 is 0 Å². The minimum Gasteiger partial charge on any atom is -0.478 e. The van der Waals surface area contributed by atoms with E-state index in [0.29, 0.717) is 21.3 Å². The molecule has 4 N–H and O–H groups in total. The summed E-state index contributed by atoms with van der Waals surface area (Å²) < 4.78 is 0. The molecule has 3 rings (SSSR count). The predicted octanol–water partition coefficient (Wildman–Crippen LogP) is 5.11. The highest BCUT2D eigenvalue weighted by Crippen LogP contribution is 2.28. The Labute approximate surface area is 203 Å². The van der Waals surface area contributed by atoms with Crippen molar-refractivity contribution in [2.75, 3.05) is 10.6 Å². The van der Waals surface area contributed by atoms with Crippen molar-refractivity contribution in [3.63, 3.8) is 0 Å². The lowest BCUT2D eigenvalue weighted by Gasteiger charge is -2.14. The van der Waals surface area contributed by atoms with E-state index < -0.39 is 28.7 Å². The van der Waals surface area contributed by atoms with E-state index in [1.807, 2.05) is 0 Å². The summed E-state index contributed by atoms with van der Waals surface area (Å²) in [5.74, 6) is -3.68. The molecule has 0 saturated carbocycles. The van der Waals surface area contributed by atoms with Gasteiger partial charge in [0.2, 0.25) is 5.91 Å². The molecule has 0 bridgehead atoms. The van der Waals surface area contributed by atoms with Gasteiger partial charge >= 0.3 is 11.9 Å². The summed E-state index contributed by atoms with van der Waals surface area (Å²) in [5, 5.41) is 23.8. The normalized spacial score (nSPS) is 11.4. The van der Waals surface area contributed by atoms with Crippen molar-refractivity contribution in [2.24, 2.45) is 0 Å². The van der Waals surface area contributed by atoms with E-state index in [-0.39, 0.29) is 17.0 Å². The number of hydrogen-bond acceptors (Lipinski definition) is 5. The second-order valence-electron chi connectivity index (χ2n) is 7.08. The Morgan fingerprint density at radius 2 is 1.59 bits per heavy atom. The molecule has 0 saturated heterocycles. The summed E-state index contributed by atoms with van der Waals surface area (Å²) in [6, 6.07) is 16.9. The fraction of sp³-hybridized carbons (Fsp3) is 0.0833. The van der Waals surface area contributed by atoms with Crippen LogP contribution in [0, 0.1) is 0 Å². The Kier molecular flexibility index (Phi) is 7.93. The zero-order valence-electron chi connectivity index (χ0n) is 17.7. The van der Waals surface area contributed by atoms with Gasteiger partial charge in [0, 0.05) is 10.6 Å². The number of nitrogens with one attached hydrogen (secondary N) is 2. The molecule has 3 aromatic carbocycles. The van der Waals surface area contributed by atoms with Gasteiger partial charge in [-0.2, -0.15) is 0 Å². The van der Waals surface area contributed by atoms with E-state index in [2.05, 4.69) is 10.6 Å². The molecule has 0 aliphatic carbocycles. The average Bonchev–Trinajstić information content (AvgIpc) is 2.80. The summed E-state index contributed by atoms with van der Waals surface area (Å²) in [6.45, 7) is 1.73. The van der Waals surface area contributed by atoms with Gasteiger partial charge in [-0.3, -0.25) is 9.59 Å². The Hall–Kier alpha value is -3.82. The molecule has 1 atom stereocenters. The molecule has 174 valence electrons. The third-order valence-electron chi connectivity index (χ3n) is 4.65. The maximum Gasteiger partial charge on any atom is 0.336 e. The fourth-order valence-electron chi connectivity index (χ4n) is 2.95. The lowest BCUT2D eigenvalue weighted by Crippen LogP contribution is -2.22. The SMILES string of the molecule is CC(Sc1cccc(NC(=O)c2ccc(C(=O)O)cc2C(=O)O)c1)C(=O)Nc1ccccc1Cl. The van der Waals surface area contributed by atoms with Crippen LogP contribution in [0.25, 0.3) is 0 Å². The van der Waals surface area contributed by atoms with Crippen LogP contribution in [0.3, 0.4) is 0 Å². The fourth-order valence-corrected chi connectivity index (χ4v) is 4.06. The summed E-state index contributed by atoms with van der Waals surface area (Å²) >= 11 is 7.34. The highest BCUT2D eigenvalue weighted by atomic mass is 35.5. The van der Waals surface area contributed by atoms with E-state index in [0.717, 1.165) is 18.2 Å². The number of carboxylic acid groups (broad SMARTS) is 2. The number of benzene rings is 3. The zero-order valence-corrected chi connectivity index (χ0v) is 19.3. The molecular formula is C24H19ClN2O6S. The summed E-state index contributed by atoms with van der Waals surface area (Å²) in [5.41, 5.74) is 0.0467. The van der Waals surface area contributed by atoms with Crippen molar-refractivity contribution in [1.82, 2.24) is 0 Å². The largest absolute Gasteiger partial charge is 0.478 e. The number of halogens is 1. The van der Waals surface area contributed by atoms with E-state index in [9.17, 15) is 24.3 Å². The van der Waals surface area contributed by atoms with Crippen LogP contribution in [0.4, 0.5) is 11.4 Å². The van der Waals surface area contributed by atoms with Crippen LogP contribution in [0.2, 0.25) is 5.02 Å². The Morgan fingerprint density at radius 3 is 2.26 bits per heavy atom. The molecule has 10 heteroatoms. The van der Waals surface area contributed by atoms with Crippen LogP contribution in [-0.2, 0) is 4.79 Å². The molecule has 0 fully saturated rings. The number of carbonyl (C=O) groups is 4. The van der Waals surface area contributed by atoms with Gasteiger partial charge in [0.1, 0.15) is 0 Å². The number of amides is 2. The second-order valence-corrected chi connectivity index (χ2v) is 8.90. The quantitative estimate of drug-likeness (QED) is 0.317. The second kappa shape index (κ2) is 10.9. The zero-order chi connectivity index (χ0) is 24.8. The van der Waals surface area contributed by atoms with Crippen LogP contribution >= 0.6 is 23.4 Å². The van der Waals surface area contributed by atoms with Crippen LogP contribution in [0.1, 0.15) is 38.0 Å². The van der Waals surface area contributed by atoms with Gasteiger partial charge in [0.05, 0.1) is 32.7 Å². The number of thioether (sulfide) groups is 1. The van der Waals surface area contributed by atoms with Gasteiger partial charge in [-0.15, -0.1) is 11.8 Å². The molecule has 2 amide bonds. The van der Waals surface area contributed by atoms with Gasteiger partial charge in [-0.25, -0.2) is 9.59 Å². The minimum atomic E-state index is -1.42. The first-order chi connectivity index (χ1) is 16.2. The summed E-state index contributed by atoms with van der Waals surface area (Å²) in [4.78, 5) is 48.6. The Bertz CT molecular complexity index is 1280. The third kappa shape index (κ3) is 6.15. The van der Waals surface area contributed by atoms with E-state index in [1.165, 1.54) is 11.8 Å². The highest BCUT2D eigenvalue weighted by Gasteiger charge is 2.20. The number of carboxylic acids is 2. The van der Waals surface area contributed by atoms with Gasteiger partial charge < -0.3 is 20.8 Å². The number of carbonyl (C=O) groups excluding carboxylic acids is 2. The molecule has 0 heterocycles. The summed E-state index contributed by atoms with van der Waals surface area (Å²) in [7, 11) is 0. The lowest BCUT2D eigenvalue weighted by atomic mass is 10.0. The van der Waals surface area contributed by atoms with Crippen LogP contribution in [0.15, 0.2) is 71.6 Å². The van der Waals surface area contributed by atoms with Gasteiger partial charge in [0.25, 0.3) is 5.91 Å². The van der Waals surface area contributed by atoms with Gasteiger partial charge in [0.15, 0.2) is 0 Å². The van der Waals surface area contributed by atoms with Crippen molar-refractivity contribution in [2.45, 2.75) is 17.1 Å². The topological polar surface area (TPSA) is 133 Å². The molecule has 1 unspecified atom stereocenters. The summed E-state index contributed by atoms with van der Waals surface area (Å²) in [6.07, 6.45) is 0. The van der Waals surface area contributed by atoms with Crippen molar-refractivity contribution in [3.05, 3.63) is 88.4 Å². The Morgan fingerprint density at radius 1 is 0.853 bits per heavy atom. The molecule has 3 aromatic rings. The third-order valence-corrected chi connectivity index (χ3v) is 6.07.